The molecule has 1 aromatic heterocycles. The fourth-order valence-corrected chi connectivity index (χ4v) is 3.82. The van der Waals surface area contributed by atoms with E-state index in [1.54, 1.807) is 6.07 Å². The van der Waals surface area contributed by atoms with Crippen molar-refractivity contribution in [1.29, 1.82) is 0 Å². The molecule has 4 rings (SSSR count). The number of aromatic nitrogens is 1. The van der Waals surface area contributed by atoms with Crippen molar-refractivity contribution >= 4 is 5.91 Å². The summed E-state index contributed by atoms with van der Waals surface area (Å²) in [5.41, 5.74) is 4.99. The predicted molar refractivity (Wildman–Crippen MR) is 91.8 cm³/mol. The van der Waals surface area contributed by atoms with Gasteiger partial charge in [0.1, 0.15) is 11.5 Å². The number of hydrogen-bond acceptors (Lipinski definition) is 1. The molecule has 0 spiro atoms. The van der Waals surface area contributed by atoms with Crippen LogP contribution in [0.3, 0.4) is 0 Å². The number of amides is 1. The largest absolute Gasteiger partial charge is 0.348 e. The van der Waals surface area contributed by atoms with Gasteiger partial charge in [0.2, 0.25) is 0 Å². The van der Waals surface area contributed by atoms with Gasteiger partial charge >= 0.3 is 0 Å². The van der Waals surface area contributed by atoms with Crippen LogP contribution in [0.4, 0.5) is 4.39 Å². The van der Waals surface area contributed by atoms with Gasteiger partial charge in [-0.3, -0.25) is 4.79 Å². The quantitative estimate of drug-likeness (QED) is 0.912. The molecule has 1 amide bonds. The molecule has 0 saturated heterocycles. The summed E-state index contributed by atoms with van der Waals surface area (Å²) in [6.45, 7) is 2.47. The first-order valence-corrected chi connectivity index (χ1v) is 8.90. The van der Waals surface area contributed by atoms with Gasteiger partial charge in [-0.05, 0) is 62.6 Å². The first kappa shape index (κ1) is 15.4. The Morgan fingerprint density at radius 1 is 1.25 bits per heavy atom. The van der Waals surface area contributed by atoms with Crippen LogP contribution in [0.25, 0.3) is 0 Å². The topological polar surface area (TPSA) is 34.0 Å². The van der Waals surface area contributed by atoms with Gasteiger partial charge in [-0.25, -0.2) is 4.39 Å². The van der Waals surface area contributed by atoms with E-state index in [1.165, 1.54) is 23.7 Å². The molecule has 2 aliphatic rings. The maximum Gasteiger partial charge on any atom is 0.268 e. The summed E-state index contributed by atoms with van der Waals surface area (Å²) in [5.74, 6) is -0.206. The van der Waals surface area contributed by atoms with Gasteiger partial charge in [0, 0.05) is 17.3 Å². The number of nitrogens with zero attached hydrogens (tertiary/aromatic N) is 1. The number of carbonyl (C=O) groups is 1. The van der Waals surface area contributed by atoms with Crippen LogP contribution in [0, 0.1) is 12.7 Å². The van der Waals surface area contributed by atoms with E-state index in [-0.39, 0.29) is 11.7 Å². The van der Waals surface area contributed by atoms with E-state index < -0.39 is 0 Å². The summed E-state index contributed by atoms with van der Waals surface area (Å²) in [6, 6.07) is 7.18. The number of carbonyl (C=O) groups excluding carboxylic acids is 1. The van der Waals surface area contributed by atoms with E-state index in [2.05, 4.69) is 9.88 Å². The van der Waals surface area contributed by atoms with E-state index >= 15 is 0 Å². The third-order valence-electron chi connectivity index (χ3n) is 5.26. The van der Waals surface area contributed by atoms with Crippen molar-refractivity contribution in [3.63, 3.8) is 0 Å². The molecule has 0 atom stereocenters. The number of fused-ring (bicyclic) bond motifs is 1. The summed E-state index contributed by atoms with van der Waals surface area (Å²) in [7, 11) is 0. The zero-order chi connectivity index (χ0) is 16.7. The SMILES string of the molecule is Cc1c2c(n(Cc3ccccc3F)c1C(=O)NC1CC1)CCCC2. The van der Waals surface area contributed by atoms with Crippen molar-refractivity contribution in [2.24, 2.45) is 0 Å². The highest BCUT2D eigenvalue weighted by Gasteiger charge is 2.30. The summed E-state index contributed by atoms with van der Waals surface area (Å²) < 4.78 is 16.2. The molecule has 0 unspecified atom stereocenters. The summed E-state index contributed by atoms with van der Waals surface area (Å²) >= 11 is 0. The number of benzene rings is 1. The minimum absolute atomic E-state index is 0.000685. The van der Waals surface area contributed by atoms with Crippen LogP contribution in [0.15, 0.2) is 24.3 Å². The Morgan fingerprint density at radius 2 is 2.00 bits per heavy atom. The summed E-state index contributed by atoms with van der Waals surface area (Å²) in [5, 5.41) is 3.11. The molecule has 2 aliphatic carbocycles. The van der Waals surface area contributed by atoms with Crippen molar-refractivity contribution in [3.05, 3.63) is 58.2 Å². The molecule has 1 heterocycles. The molecule has 0 bridgehead atoms. The van der Waals surface area contributed by atoms with Gasteiger partial charge in [0.25, 0.3) is 5.91 Å². The lowest BCUT2D eigenvalue weighted by Gasteiger charge is -2.17. The van der Waals surface area contributed by atoms with Crippen LogP contribution in [0.1, 0.15) is 58.6 Å². The molecular weight excluding hydrogens is 303 g/mol. The van der Waals surface area contributed by atoms with Crippen LogP contribution < -0.4 is 5.32 Å². The molecular formula is C20H23FN2O. The Bertz CT molecular complexity index is 789. The molecule has 1 fully saturated rings. The van der Waals surface area contributed by atoms with Gasteiger partial charge in [0.05, 0.1) is 6.54 Å². The van der Waals surface area contributed by atoms with E-state index in [1.807, 2.05) is 19.1 Å². The zero-order valence-corrected chi connectivity index (χ0v) is 14.1. The minimum Gasteiger partial charge on any atom is -0.348 e. The van der Waals surface area contributed by atoms with Gasteiger partial charge in [-0.1, -0.05) is 18.2 Å². The smallest absolute Gasteiger partial charge is 0.268 e. The molecule has 4 heteroatoms. The Balaban J connectivity index is 1.77. The van der Waals surface area contributed by atoms with Crippen LogP contribution >= 0.6 is 0 Å². The average Bonchev–Trinajstić information content (AvgIpc) is 3.35. The maximum atomic E-state index is 14.2. The number of halogens is 1. The first-order valence-electron chi connectivity index (χ1n) is 8.90. The predicted octanol–water partition coefficient (Wildman–Crippen LogP) is 3.75. The Kier molecular flexibility index (Phi) is 3.91. The summed E-state index contributed by atoms with van der Waals surface area (Å²) in [6.07, 6.45) is 6.44. The van der Waals surface area contributed by atoms with Crippen LogP contribution in [0.2, 0.25) is 0 Å². The van der Waals surface area contributed by atoms with Crippen molar-refractivity contribution in [3.8, 4) is 0 Å². The normalized spacial score (nSPS) is 16.8. The van der Waals surface area contributed by atoms with E-state index in [9.17, 15) is 9.18 Å². The second-order valence-electron chi connectivity index (χ2n) is 7.03. The Morgan fingerprint density at radius 3 is 2.75 bits per heavy atom. The van der Waals surface area contributed by atoms with Crippen molar-refractivity contribution in [1.82, 2.24) is 9.88 Å². The van der Waals surface area contributed by atoms with Crippen LogP contribution in [-0.2, 0) is 19.4 Å². The minimum atomic E-state index is -0.207. The van der Waals surface area contributed by atoms with Crippen molar-refractivity contribution < 1.29 is 9.18 Å². The number of nitrogens with one attached hydrogen (secondary N) is 1. The molecule has 1 N–H and O–H groups in total. The van der Waals surface area contributed by atoms with Crippen molar-refractivity contribution in [2.75, 3.05) is 0 Å². The van der Waals surface area contributed by atoms with E-state index in [0.717, 1.165) is 43.4 Å². The molecule has 0 aliphatic heterocycles. The second kappa shape index (κ2) is 6.08. The highest BCUT2D eigenvalue weighted by Crippen LogP contribution is 2.31. The fraction of sp³-hybridized carbons (Fsp3) is 0.450. The third kappa shape index (κ3) is 2.74. The van der Waals surface area contributed by atoms with Gasteiger partial charge in [-0.15, -0.1) is 0 Å². The lowest BCUT2D eigenvalue weighted by molar-refractivity contribution is 0.0941. The molecule has 24 heavy (non-hydrogen) atoms. The average molecular weight is 326 g/mol. The van der Waals surface area contributed by atoms with Gasteiger partial charge < -0.3 is 9.88 Å². The molecule has 1 saturated carbocycles. The molecule has 1 aromatic carbocycles. The number of hydrogen-bond donors (Lipinski definition) is 1. The van der Waals surface area contributed by atoms with Crippen LogP contribution in [0.5, 0.6) is 0 Å². The Hall–Kier alpha value is -2.10. The summed E-state index contributed by atoms with van der Waals surface area (Å²) in [4.78, 5) is 12.8. The lowest BCUT2D eigenvalue weighted by Crippen LogP contribution is -2.29. The van der Waals surface area contributed by atoms with Crippen LogP contribution in [-0.4, -0.2) is 16.5 Å². The molecule has 3 nitrogen and oxygen atoms in total. The van der Waals surface area contributed by atoms with Gasteiger partial charge in [-0.2, -0.15) is 0 Å². The zero-order valence-electron chi connectivity index (χ0n) is 14.1. The van der Waals surface area contributed by atoms with E-state index in [0.29, 0.717) is 18.2 Å². The van der Waals surface area contributed by atoms with Crippen molar-refractivity contribution in [2.45, 2.75) is 58.0 Å². The third-order valence-corrected chi connectivity index (χ3v) is 5.26. The Labute approximate surface area is 141 Å². The fourth-order valence-electron chi connectivity index (χ4n) is 3.82. The molecule has 0 radical (unpaired) electrons. The lowest BCUT2D eigenvalue weighted by atomic mass is 9.95. The van der Waals surface area contributed by atoms with Gasteiger partial charge in [0.15, 0.2) is 0 Å². The maximum absolute atomic E-state index is 14.2. The molecule has 2 aromatic rings. The van der Waals surface area contributed by atoms with E-state index in [4.69, 9.17) is 0 Å². The number of rotatable bonds is 4. The standard InChI is InChI=1S/C20H23FN2O/c1-13-16-7-3-5-9-18(16)23(12-14-6-2-4-8-17(14)21)19(13)20(24)22-15-10-11-15/h2,4,6,8,15H,3,5,7,9-12H2,1H3,(H,22,24). The monoisotopic (exact) mass is 326 g/mol. The highest BCUT2D eigenvalue weighted by atomic mass is 19.1. The first-order chi connectivity index (χ1) is 11.6. The molecule has 126 valence electrons. The highest BCUT2D eigenvalue weighted by molar-refractivity contribution is 5.95. The second-order valence-corrected chi connectivity index (χ2v) is 7.03.